The lowest BCUT2D eigenvalue weighted by molar-refractivity contribution is -0.140. The number of carboxylic acids is 3. The molecule has 22 nitrogen and oxygen atoms in total. The van der Waals surface area contributed by atoms with E-state index < -0.39 is 60.8 Å². The average Bonchev–Trinajstić information content (AvgIpc) is 3.82. The molecule has 0 saturated carbocycles. The molecule has 2 saturated heterocycles. The van der Waals surface area contributed by atoms with E-state index in [0.29, 0.717) is 57.3 Å². The van der Waals surface area contributed by atoms with Crippen LogP contribution in [0.1, 0.15) is 73.4 Å². The number of aryl methyl sites for hydroxylation is 2. The molecule has 0 spiro atoms. The number of carboxylic acid groups (broad SMARTS) is 3. The van der Waals surface area contributed by atoms with Gasteiger partial charge in [-0.3, -0.25) is 58.0 Å². The van der Waals surface area contributed by atoms with Gasteiger partial charge in [0.2, 0.25) is 17.7 Å². The summed E-state index contributed by atoms with van der Waals surface area (Å²) >= 11 is 0. The van der Waals surface area contributed by atoms with Crippen molar-refractivity contribution < 1.29 is 63.7 Å². The van der Waals surface area contributed by atoms with E-state index in [-0.39, 0.29) is 109 Å². The third kappa shape index (κ3) is 21.5. The van der Waals surface area contributed by atoms with Gasteiger partial charge in [0, 0.05) is 83.1 Å². The second-order valence-electron chi connectivity index (χ2n) is 18.3. The monoisotopic (exact) mass is 994 g/mol. The number of hydrogen-bond donors (Lipinski definition) is 9. The van der Waals surface area contributed by atoms with Gasteiger partial charge in [-0.2, -0.15) is 0 Å². The molecule has 2 aromatic rings. The Labute approximate surface area is 415 Å². The predicted octanol–water partition coefficient (Wildman–Crippen LogP) is -0.633. The molecule has 2 heterocycles. The van der Waals surface area contributed by atoms with Crippen LogP contribution < -0.4 is 21.3 Å². The quantitative estimate of drug-likeness (QED) is 0.0419. The highest BCUT2D eigenvalue weighted by Crippen LogP contribution is 2.19. The number of benzene rings is 2. The van der Waals surface area contributed by atoms with Gasteiger partial charge < -0.3 is 51.5 Å². The zero-order chi connectivity index (χ0) is 51.9. The Hall–Kier alpha value is -5.98. The highest BCUT2D eigenvalue weighted by molar-refractivity contribution is 6.43. The maximum absolute atomic E-state index is 13.9. The van der Waals surface area contributed by atoms with Crippen LogP contribution in [0.15, 0.2) is 48.5 Å². The van der Waals surface area contributed by atoms with Gasteiger partial charge in [0.05, 0.1) is 44.7 Å². The van der Waals surface area contributed by atoms with E-state index in [1.54, 1.807) is 31.7 Å². The van der Waals surface area contributed by atoms with Gasteiger partial charge in [0.25, 0.3) is 5.91 Å². The normalized spacial score (nSPS) is 17.5. The highest BCUT2D eigenvalue weighted by Gasteiger charge is 2.38. The molecular formula is C48H72BN9O13. The SMILES string of the molecule is Cc1ccc(CCCC(=O)NCCCC[C@H](NC(=O)CN2CCN(CC(=O)O)CCN(CC(=O)O)CCN(CC(=O)O)CC2)C(=O)CNc2ccc(C(=O)N[C@H](C)C(=O)N3CCC[C@H]3B(O)O)cc2)cc1. The zero-order valence-corrected chi connectivity index (χ0v) is 40.9. The van der Waals surface area contributed by atoms with Gasteiger partial charge in [0.1, 0.15) is 6.04 Å². The number of unbranched alkanes of at least 4 members (excludes halogenated alkanes) is 1. The minimum atomic E-state index is -1.69. The van der Waals surface area contributed by atoms with Crippen molar-refractivity contribution in [1.82, 2.24) is 40.4 Å². The van der Waals surface area contributed by atoms with Crippen LogP contribution in [0.3, 0.4) is 0 Å². The van der Waals surface area contributed by atoms with Gasteiger partial charge in [-0.25, -0.2) is 0 Å². The fourth-order valence-electron chi connectivity index (χ4n) is 8.56. The van der Waals surface area contributed by atoms with Crippen molar-refractivity contribution in [3.05, 3.63) is 65.2 Å². The number of carbonyl (C=O) groups excluding carboxylic acids is 5. The lowest BCUT2D eigenvalue weighted by Crippen LogP contribution is -2.52. The molecule has 0 radical (unpaired) electrons. The molecule has 2 aliphatic heterocycles. The van der Waals surface area contributed by atoms with E-state index in [1.165, 1.54) is 29.5 Å². The molecule has 0 aliphatic carbocycles. The number of aliphatic carboxylic acids is 3. The lowest BCUT2D eigenvalue weighted by Gasteiger charge is -2.33. The summed E-state index contributed by atoms with van der Waals surface area (Å²) in [5.74, 6) is -5.85. The summed E-state index contributed by atoms with van der Waals surface area (Å²) < 4.78 is 0. The van der Waals surface area contributed by atoms with Crippen LogP contribution in [0.4, 0.5) is 5.69 Å². The lowest BCUT2D eigenvalue weighted by atomic mass is 9.78. The molecule has 2 aromatic carbocycles. The van der Waals surface area contributed by atoms with E-state index in [0.717, 1.165) is 12.0 Å². The highest BCUT2D eigenvalue weighted by atomic mass is 16.4. The van der Waals surface area contributed by atoms with E-state index in [1.807, 2.05) is 19.1 Å². The van der Waals surface area contributed by atoms with Crippen molar-refractivity contribution in [2.45, 2.75) is 83.2 Å². The summed E-state index contributed by atoms with van der Waals surface area (Å²) in [6, 6.07) is 12.5. The second-order valence-corrected chi connectivity index (χ2v) is 18.3. The molecule has 0 bridgehead atoms. The third-order valence-electron chi connectivity index (χ3n) is 12.6. The van der Waals surface area contributed by atoms with E-state index in [9.17, 15) is 63.7 Å². The number of anilines is 1. The Kier molecular flexibility index (Phi) is 24.4. The fourth-order valence-corrected chi connectivity index (χ4v) is 8.56. The van der Waals surface area contributed by atoms with E-state index in [2.05, 4.69) is 33.4 Å². The number of Topliss-reactive ketones (excluding diaryl/α,β-unsaturated/α-hetero) is 1. The van der Waals surface area contributed by atoms with Crippen molar-refractivity contribution in [1.29, 1.82) is 0 Å². The molecule has 3 atom stereocenters. The van der Waals surface area contributed by atoms with Crippen molar-refractivity contribution in [3.63, 3.8) is 0 Å². The largest absolute Gasteiger partial charge is 0.480 e. The predicted molar refractivity (Wildman–Crippen MR) is 263 cm³/mol. The second kappa shape index (κ2) is 30.0. The number of rotatable bonds is 26. The molecule has 390 valence electrons. The van der Waals surface area contributed by atoms with Gasteiger partial charge >= 0.3 is 25.0 Å². The van der Waals surface area contributed by atoms with Crippen LogP contribution in [-0.4, -0.2) is 221 Å². The molecule has 2 aliphatic rings. The number of carbonyl (C=O) groups is 8. The number of amides is 4. The van der Waals surface area contributed by atoms with Crippen LogP contribution in [0.25, 0.3) is 0 Å². The first-order chi connectivity index (χ1) is 33.9. The summed E-state index contributed by atoms with van der Waals surface area (Å²) in [6.45, 7) is 4.60. The Balaban J connectivity index is 1.39. The third-order valence-corrected chi connectivity index (χ3v) is 12.6. The topological polar surface area (TPSA) is 302 Å². The summed E-state index contributed by atoms with van der Waals surface area (Å²) in [5.41, 5.74) is 3.06. The smallest absolute Gasteiger partial charge is 0.475 e. The standard InChI is InChI=1S/C48H72BN9O13/c1-34-11-13-36(14-12-34)7-5-10-42(60)50-19-4-3-8-39(40(59)29-51-38-17-15-37(16-18-38)47(68)52-35(2)48(69)58-20-6-9-41(58)49(70)71)53-43(61)30-54-21-23-55(31-44(62)63)25-27-57(33-46(66)67)28-26-56(24-22-54)32-45(64)65/h11-18,35,39,41,51,70-71H,3-10,19-33H2,1-2H3,(H,50,60)(H,52,68)(H,53,61)(H,62,63)(H,64,65)(H,66,67)/t35-,39+,41+/m1/s1. The maximum atomic E-state index is 13.9. The number of likely N-dealkylation sites (tertiary alicyclic amines) is 1. The van der Waals surface area contributed by atoms with Crippen molar-refractivity contribution >= 4 is 60.1 Å². The summed E-state index contributed by atoms with van der Waals surface area (Å²) in [4.78, 5) is 110. The molecule has 4 rings (SSSR count). The Morgan fingerprint density at radius 1 is 0.662 bits per heavy atom. The minimum absolute atomic E-state index is 0.0831. The molecule has 0 unspecified atom stereocenters. The number of ketones is 1. The van der Waals surface area contributed by atoms with Crippen LogP contribution in [0.2, 0.25) is 0 Å². The molecule has 4 amide bonds. The van der Waals surface area contributed by atoms with E-state index >= 15 is 0 Å². The van der Waals surface area contributed by atoms with Crippen LogP contribution in [-0.2, 0) is 40.0 Å². The maximum Gasteiger partial charge on any atom is 0.475 e. The summed E-state index contributed by atoms with van der Waals surface area (Å²) in [7, 11) is -1.69. The van der Waals surface area contributed by atoms with Crippen molar-refractivity contribution in [2.24, 2.45) is 0 Å². The zero-order valence-electron chi connectivity index (χ0n) is 40.9. The molecule has 9 N–H and O–H groups in total. The van der Waals surface area contributed by atoms with Crippen molar-refractivity contribution in [3.8, 4) is 0 Å². The molecule has 2 fully saturated rings. The average molecular weight is 994 g/mol. The summed E-state index contributed by atoms with van der Waals surface area (Å²) in [6.07, 6.45) is 4.12. The van der Waals surface area contributed by atoms with Gasteiger partial charge in [-0.15, -0.1) is 0 Å². The van der Waals surface area contributed by atoms with Crippen molar-refractivity contribution in [2.75, 3.05) is 103 Å². The number of hydrogen-bond acceptors (Lipinski definition) is 15. The first kappa shape index (κ1) is 57.6. The van der Waals surface area contributed by atoms with Crippen LogP contribution >= 0.6 is 0 Å². The van der Waals surface area contributed by atoms with Gasteiger partial charge in [-0.1, -0.05) is 29.8 Å². The van der Waals surface area contributed by atoms with Gasteiger partial charge in [-0.05, 0) is 88.6 Å². The summed E-state index contributed by atoms with van der Waals surface area (Å²) in [5, 5.41) is 59.5. The molecule has 23 heteroatoms. The fraction of sp³-hybridized carbons (Fsp3) is 0.583. The number of nitrogens with one attached hydrogen (secondary N) is 4. The first-order valence-corrected chi connectivity index (χ1v) is 24.4. The van der Waals surface area contributed by atoms with E-state index in [4.69, 9.17) is 0 Å². The van der Waals surface area contributed by atoms with Gasteiger partial charge in [0.15, 0.2) is 5.78 Å². The Morgan fingerprint density at radius 3 is 1.72 bits per heavy atom. The van der Waals surface area contributed by atoms with Crippen LogP contribution in [0, 0.1) is 6.92 Å². The Morgan fingerprint density at radius 2 is 1.20 bits per heavy atom. The number of nitrogens with zero attached hydrogens (tertiary/aromatic N) is 5. The van der Waals surface area contributed by atoms with Crippen LogP contribution in [0.5, 0.6) is 0 Å². The first-order valence-electron chi connectivity index (χ1n) is 24.4. The Bertz CT molecular complexity index is 2050. The molecular weight excluding hydrogens is 921 g/mol. The molecule has 0 aromatic heterocycles. The molecule has 71 heavy (non-hydrogen) atoms. The minimum Gasteiger partial charge on any atom is -0.480 e.